The summed E-state index contributed by atoms with van der Waals surface area (Å²) in [6.07, 6.45) is 3.97. The van der Waals surface area contributed by atoms with Crippen molar-refractivity contribution >= 4 is 27.3 Å². The number of carbonyl (C=O) groups is 1. The van der Waals surface area contributed by atoms with Crippen molar-refractivity contribution < 1.29 is 17.6 Å². The molecule has 1 amide bonds. The van der Waals surface area contributed by atoms with Crippen LogP contribution in [0.2, 0.25) is 5.02 Å². The van der Waals surface area contributed by atoms with E-state index in [1.54, 1.807) is 0 Å². The number of carbonyl (C=O) groups excluding carboxylic acids is 1. The topological polar surface area (TPSA) is 63.2 Å². The van der Waals surface area contributed by atoms with Gasteiger partial charge in [0, 0.05) is 23.0 Å². The van der Waals surface area contributed by atoms with Crippen molar-refractivity contribution in [3.8, 4) is 0 Å². The average Bonchev–Trinajstić information content (AvgIpc) is 2.94. The number of sulfone groups is 1. The van der Waals surface area contributed by atoms with Crippen molar-refractivity contribution in [3.05, 3.63) is 34.6 Å². The van der Waals surface area contributed by atoms with Gasteiger partial charge in [-0.3, -0.25) is 4.79 Å². The molecule has 0 saturated heterocycles. The number of rotatable bonds is 6. The van der Waals surface area contributed by atoms with E-state index in [-0.39, 0.29) is 34.7 Å². The molecular weight excluding hydrogens is 329 g/mol. The predicted molar refractivity (Wildman–Crippen MR) is 83.9 cm³/mol. The molecule has 122 valence electrons. The molecule has 1 aromatic rings. The molecule has 0 aliphatic heterocycles. The first-order valence-corrected chi connectivity index (χ1v) is 9.50. The highest BCUT2D eigenvalue weighted by atomic mass is 35.5. The van der Waals surface area contributed by atoms with E-state index in [0.29, 0.717) is 0 Å². The summed E-state index contributed by atoms with van der Waals surface area (Å²) in [6, 6.07) is 4.20. The van der Waals surface area contributed by atoms with Gasteiger partial charge in [-0.2, -0.15) is 0 Å². The maximum Gasteiger partial charge on any atom is 0.221 e. The second-order valence-electron chi connectivity index (χ2n) is 5.59. The molecule has 1 N–H and O–H groups in total. The Labute approximate surface area is 135 Å². The smallest absolute Gasteiger partial charge is 0.221 e. The van der Waals surface area contributed by atoms with E-state index in [0.717, 1.165) is 25.7 Å². The van der Waals surface area contributed by atoms with Gasteiger partial charge in [-0.05, 0) is 25.0 Å². The lowest BCUT2D eigenvalue weighted by Gasteiger charge is -2.12. The van der Waals surface area contributed by atoms with Crippen LogP contribution in [-0.2, 0) is 20.4 Å². The van der Waals surface area contributed by atoms with E-state index in [4.69, 9.17) is 11.6 Å². The molecule has 0 bridgehead atoms. The van der Waals surface area contributed by atoms with E-state index in [1.807, 2.05) is 0 Å². The molecule has 0 atom stereocenters. The monoisotopic (exact) mass is 347 g/mol. The number of hydrogen-bond acceptors (Lipinski definition) is 3. The van der Waals surface area contributed by atoms with Gasteiger partial charge < -0.3 is 5.32 Å². The lowest BCUT2D eigenvalue weighted by molar-refractivity contribution is -0.121. The minimum absolute atomic E-state index is 0.0413. The van der Waals surface area contributed by atoms with Gasteiger partial charge >= 0.3 is 0 Å². The Morgan fingerprint density at radius 3 is 2.64 bits per heavy atom. The van der Waals surface area contributed by atoms with Gasteiger partial charge in [0.2, 0.25) is 5.91 Å². The minimum Gasteiger partial charge on any atom is -0.353 e. The Bertz CT molecular complexity index is 622. The van der Waals surface area contributed by atoms with Crippen LogP contribution in [0, 0.1) is 5.82 Å². The van der Waals surface area contributed by atoms with E-state index in [1.165, 1.54) is 18.2 Å². The van der Waals surface area contributed by atoms with Crippen LogP contribution in [0.15, 0.2) is 18.2 Å². The molecule has 22 heavy (non-hydrogen) atoms. The molecule has 0 aromatic heterocycles. The molecule has 4 nitrogen and oxygen atoms in total. The minimum atomic E-state index is -3.59. The van der Waals surface area contributed by atoms with Crippen LogP contribution in [0.3, 0.4) is 0 Å². The molecular formula is C15H19ClFNO3S. The molecule has 0 radical (unpaired) electrons. The fourth-order valence-electron chi connectivity index (χ4n) is 2.58. The molecule has 1 aliphatic rings. The van der Waals surface area contributed by atoms with Gasteiger partial charge in [0.1, 0.15) is 5.82 Å². The van der Waals surface area contributed by atoms with E-state index >= 15 is 0 Å². The van der Waals surface area contributed by atoms with E-state index in [2.05, 4.69) is 5.32 Å². The highest BCUT2D eigenvalue weighted by molar-refractivity contribution is 7.90. The molecule has 1 aromatic carbocycles. The molecule has 2 rings (SSSR count). The lowest BCUT2D eigenvalue weighted by atomic mass is 10.2. The van der Waals surface area contributed by atoms with Crippen molar-refractivity contribution in [1.29, 1.82) is 0 Å². The van der Waals surface area contributed by atoms with Crippen LogP contribution in [0.5, 0.6) is 0 Å². The number of halogens is 2. The quantitative estimate of drug-likeness (QED) is 0.860. The first-order chi connectivity index (χ1) is 10.4. The van der Waals surface area contributed by atoms with Crippen LogP contribution < -0.4 is 5.32 Å². The number of benzene rings is 1. The zero-order valence-electron chi connectivity index (χ0n) is 12.1. The van der Waals surface area contributed by atoms with Crippen LogP contribution in [0.1, 0.15) is 37.7 Å². The summed E-state index contributed by atoms with van der Waals surface area (Å²) in [5.41, 5.74) is -0.0413. The van der Waals surface area contributed by atoms with Crippen molar-refractivity contribution in [2.75, 3.05) is 5.75 Å². The Hall–Kier alpha value is -1.14. The molecule has 1 fully saturated rings. The lowest BCUT2D eigenvalue weighted by Crippen LogP contribution is -2.33. The fraction of sp³-hybridized carbons (Fsp3) is 0.533. The first-order valence-electron chi connectivity index (χ1n) is 7.30. The van der Waals surface area contributed by atoms with Gasteiger partial charge in [0.25, 0.3) is 0 Å². The largest absolute Gasteiger partial charge is 0.353 e. The zero-order chi connectivity index (χ0) is 16.2. The standard InChI is InChI=1S/C15H19ClFNO3S/c16-13-6-3-7-14(17)12(13)10-22(20,21)9-8-15(19)18-11-4-1-2-5-11/h3,6-7,11H,1-2,4-5,8-10H2,(H,18,19). The number of nitrogens with one attached hydrogen (secondary N) is 1. The SMILES string of the molecule is O=C(CCS(=O)(=O)Cc1c(F)cccc1Cl)NC1CCCC1. The zero-order valence-corrected chi connectivity index (χ0v) is 13.7. The van der Waals surface area contributed by atoms with Crippen LogP contribution >= 0.6 is 11.6 Å². The van der Waals surface area contributed by atoms with Gasteiger partial charge in [0.05, 0.1) is 11.5 Å². The fourth-order valence-corrected chi connectivity index (χ4v) is 4.26. The predicted octanol–water partition coefficient (Wildman–Crippen LogP) is 2.84. The van der Waals surface area contributed by atoms with Crippen molar-refractivity contribution in [1.82, 2.24) is 5.32 Å². The Morgan fingerprint density at radius 1 is 1.32 bits per heavy atom. The summed E-state index contributed by atoms with van der Waals surface area (Å²) in [7, 11) is -3.59. The average molecular weight is 348 g/mol. The molecule has 1 aliphatic carbocycles. The Kier molecular flexibility index (Phi) is 5.81. The normalized spacial score (nSPS) is 15.9. The molecule has 0 unspecified atom stereocenters. The maximum atomic E-state index is 13.6. The summed E-state index contributed by atoms with van der Waals surface area (Å²) in [5.74, 6) is -1.72. The third-order valence-corrected chi connectivity index (χ3v) is 5.70. The number of amides is 1. The highest BCUT2D eigenvalue weighted by Crippen LogP contribution is 2.22. The second kappa shape index (κ2) is 7.42. The summed E-state index contributed by atoms with van der Waals surface area (Å²) in [6.45, 7) is 0. The van der Waals surface area contributed by atoms with Gasteiger partial charge in [-0.15, -0.1) is 0 Å². The van der Waals surface area contributed by atoms with Crippen molar-refractivity contribution in [3.63, 3.8) is 0 Å². The highest BCUT2D eigenvalue weighted by Gasteiger charge is 2.21. The number of hydrogen-bond donors (Lipinski definition) is 1. The van der Waals surface area contributed by atoms with Crippen LogP contribution in [0.4, 0.5) is 4.39 Å². The third kappa shape index (κ3) is 4.95. The van der Waals surface area contributed by atoms with Gasteiger partial charge in [0.15, 0.2) is 9.84 Å². The molecule has 1 saturated carbocycles. The maximum absolute atomic E-state index is 13.6. The summed E-state index contributed by atoms with van der Waals surface area (Å²) < 4.78 is 37.7. The Morgan fingerprint density at radius 2 is 2.00 bits per heavy atom. The van der Waals surface area contributed by atoms with Crippen LogP contribution in [-0.4, -0.2) is 26.1 Å². The van der Waals surface area contributed by atoms with Gasteiger partial charge in [-0.25, -0.2) is 12.8 Å². The molecule has 7 heteroatoms. The third-order valence-electron chi connectivity index (χ3n) is 3.79. The van der Waals surface area contributed by atoms with E-state index in [9.17, 15) is 17.6 Å². The summed E-state index contributed by atoms with van der Waals surface area (Å²) in [5, 5.41) is 2.92. The first kappa shape index (κ1) is 17.2. The Balaban J connectivity index is 1.89. The van der Waals surface area contributed by atoms with Crippen LogP contribution in [0.25, 0.3) is 0 Å². The molecule has 0 heterocycles. The summed E-state index contributed by atoms with van der Waals surface area (Å²) >= 11 is 5.83. The van der Waals surface area contributed by atoms with Crippen molar-refractivity contribution in [2.24, 2.45) is 0 Å². The second-order valence-corrected chi connectivity index (χ2v) is 8.18. The van der Waals surface area contributed by atoms with Gasteiger partial charge in [-0.1, -0.05) is 30.5 Å². The summed E-state index contributed by atoms with van der Waals surface area (Å²) in [4.78, 5) is 11.8. The van der Waals surface area contributed by atoms with Crippen molar-refractivity contribution in [2.45, 2.75) is 43.9 Å². The van der Waals surface area contributed by atoms with E-state index < -0.39 is 21.4 Å². The molecule has 0 spiro atoms.